The minimum absolute atomic E-state index is 0.0912. The second kappa shape index (κ2) is 15.5. The first kappa shape index (κ1) is 22.4. The van der Waals surface area contributed by atoms with E-state index in [0.29, 0.717) is 18.8 Å². The van der Waals surface area contributed by atoms with Crippen molar-refractivity contribution >= 4 is 11.8 Å². The van der Waals surface area contributed by atoms with E-state index in [2.05, 4.69) is 0 Å². The van der Waals surface area contributed by atoms with Gasteiger partial charge in [0.05, 0.1) is 6.61 Å². The fraction of sp³-hybridized carbons (Fsp3) is 0.556. The number of ketones is 1. The van der Waals surface area contributed by atoms with Gasteiger partial charge in [-0.15, -0.1) is 0 Å². The number of carbonyl (C=O) groups excluding carboxylic acids is 2. The second-order valence-corrected chi connectivity index (χ2v) is 4.03. The molecule has 0 amide bonds. The highest BCUT2D eigenvalue weighted by molar-refractivity contribution is 5.78. The summed E-state index contributed by atoms with van der Waals surface area (Å²) >= 11 is 0. The highest BCUT2D eigenvalue weighted by Gasteiger charge is 2.04. The molecule has 0 spiro atoms. The molecule has 1 aromatic carbocycles. The molecular weight excluding hydrogens is 280 g/mol. The normalized spacial score (nSPS) is 8.64. The molecule has 0 saturated heterocycles. The summed E-state index contributed by atoms with van der Waals surface area (Å²) in [5, 5.41) is 0. The van der Waals surface area contributed by atoms with E-state index in [0.717, 1.165) is 12.0 Å². The molecular formula is C18H30O4. The van der Waals surface area contributed by atoms with Gasteiger partial charge in [-0.3, -0.25) is 4.79 Å². The van der Waals surface area contributed by atoms with Crippen molar-refractivity contribution < 1.29 is 19.1 Å². The van der Waals surface area contributed by atoms with E-state index in [-0.39, 0.29) is 18.4 Å². The zero-order chi connectivity index (χ0) is 17.4. The van der Waals surface area contributed by atoms with Crippen LogP contribution >= 0.6 is 0 Å². The van der Waals surface area contributed by atoms with Crippen LogP contribution in [0, 0.1) is 0 Å². The van der Waals surface area contributed by atoms with Crippen LogP contribution in [-0.4, -0.2) is 25.0 Å². The van der Waals surface area contributed by atoms with Crippen molar-refractivity contribution in [2.24, 2.45) is 0 Å². The monoisotopic (exact) mass is 310 g/mol. The highest BCUT2D eigenvalue weighted by Crippen LogP contribution is 2.12. The third-order valence-electron chi connectivity index (χ3n) is 2.20. The quantitative estimate of drug-likeness (QED) is 0.708. The van der Waals surface area contributed by atoms with E-state index in [4.69, 9.17) is 9.47 Å². The molecule has 4 nitrogen and oxygen atoms in total. The van der Waals surface area contributed by atoms with Gasteiger partial charge in [0.2, 0.25) is 0 Å². The molecule has 1 rings (SSSR count). The van der Waals surface area contributed by atoms with Crippen LogP contribution in [0.5, 0.6) is 5.75 Å². The first-order chi connectivity index (χ1) is 10.6. The topological polar surface area (TPSA) is 52.6 Å². The summed E-state index contributed by atoms with van der Waals surface area (Å²) in [4.78, 5) is 22.1. The van der Waals surface area contributed by atoms with Crippen LogP contribution in [0.3, 0.4) is 0 Å². The molecule has 126 valence electrons. The lowest BCUT2D eigenvalue weighted by molar-refractivity contribution is -0.146. The number of carbonyl (C=O) groups is 2. The smallest absolute Gasteiger partial charge is 0.344 e. The third kappa shape index (κ3) is 11.9. The van der Waals surface area contributed by atoms with Gasteiger partial charge in [-0.25, -0.2) is 4.79 Å². The van der Waals surface area contributed by atoms with Gasteiger partial charge in [0.15, 0.2) is 6.61 Å². The van der Waals surface area contributed by atoms with Gasteiger partial charge in [0.1, 0.15) is 11.5 Å². The van der Waals surface area contributed by atoms with Gasteiger partial charge in [-0.05, 0) is 31.0 Å². The van der Waals surface area contributed by atoms with E-state index in [1.165, 1.54) is 0 Å². The summed E-state index contributed by atoms with van der Waals surface area (Å²) in [6.45, 7) is 11.8. The first-order valence-corrected chi connectivity index (χ1v) is 7.98. The van der Waals surface area contributed by atoms with Crippen molar-refractivity contribution in [1.29, 1.82) is 0 Å². The third-order valence-corrected chi connectivity index (χ3v) is 2.20. The zero-order valence-corrected chi connectivity index (χ0v) is 14.8. The predicted octanol–water partition coefficient (Wildman–Crippen LogP) is 4.20. The number of rotatable bonds is 7. The maximum atomic E-state index is 11.2. The van der Waals surface area contributed by atoms with Gasteiger partial charge in [0.25, 0.3) is 0 Å². The van der Waals surface area contributed by atoms with Crippen LogP contribution in [0.25, 0.3) is 0 Å². The first-order valence-electron chi connectivity index (χ1n) is 7.98. The average molecular weight is 310 g/mol. The summed E-state index contributed by atoms with van der Waals surface area (Å²) in [5.74, 6) is 0.340. The lowest BCUT2D eigenvalue weighted by Gasteiger charge is -2.06. The molecule has 22 heavy (non-hydrogen) atoms. The minimum Gasteiger partial charge on any atom is -0.482 e. The van der Waals surface area contributed by atoms with Crippen molar-refractivity contribution in [2.75, 3.05) is 13.2 Å². The predicted molar refractivity (Wildman–Crippen MR) is 90.3 cm³/mol. The Kier molecular flexibility index (Phi) is 15.9. The van der Waals surface area contributed by atoms with Gasteiger partial charge >= 0.3 is 5.97 Å². The van der Waals surface area contributed by atoms with Crippen LogP contribution in [0.2, 0.25) is 0 Å². The van der Waals surface area contributed by atoms with Crippen LogP contribution in [0.4, 0.5) is 0 Å². The number of hydrogen-bond acceptors (Lipinski definition) is 4. The number of esters is 1. The van der Waals surface area contributed by atoms with Crippen LogP contribution in [0.15, 0.2) is 24.3 Å². The average Bonchev–Trinajstić information content (AvgIpc) is 2.55. The molecule has 4 heteroatoms. The standard InChI is InChI=1S/C14H18O4.2C2H6/c1-3-8-17-14(16)10-18-13-6-4-12(5-7-13)9-11(2)15;2*1-2/h4-7H,3,8-10H2,1-2H3;2*1-2H3. The van der Waals surface area contributed by atoms with Gasteiger partial charge in [0, 0.05) is 6.42 Å². The fourth-order valence-electron chi connectivity index (χ4n) is 1.39. The van der Waals surface area contributed by atoms with Gasteiger partial charge in [-0.2, -0.15) is 0 Å². The Labute approximate surface area is 134 Å². The molecule has 0 aliphatic heterocycles. The molecule has 0 saturated carbocycles. The van der Waals surface area contributed by atoms with Crippen molar-refractivity contribution in [3.05, 3.63) is 29.8 Å². The van der Waals surface area contributed by atoms with Crippen LogP contribution in [-0.2, 0) is 20.7 Å². The number of hydrogen-bond donors (Lipinski definition) is 0. The minimum atomic E-state index is -0.371. The molecule has 0 radical (unpaired) electrons. The molecule has 0 aliphatic carbocycles. The Morgan fingerprint density at radius 1 is 1.00 bits per heavy atom. The van der Waals surface area contributed by atoms with Crippen molar-refractivity contribution in [3.63, 3.8) is 0 Å². The maximum absolute atomic E-state index is 11.2. The molecule has 1 aromatic rings. The molecule has 0 fully saturated rings. The Hall–Kier alpha value is -1.84. The zero-order valence-electron chi connectivity index (χ0n) is 14.8. The molecule has 0 unspecified atom stereocenters. The summed E-state index contributed by atoms with van der Waals surface area (Å²) in [6, 6.07) is 7.11. The van der Waals surface area contributed by atoms with E-state index in [9.17, 15) is 9.59 Å². The largest absolute Gasteiger partial charge is 0.482 e. The summed E-state index contributed by atoms with van der Waals surface area (Å²) < 4.78 is 10.1. The van der Waals surface area contributed by atoms with Crippen LogP contribution in [0.1, 0.15) is 53.5 Å². The van der Waals surface area contributed by atoms with Crippen LogP contribution < -0.4 is 4.74 Å². The molecule has 0 aliphatic rings. The molecule has 0 atom stereocenters. The lowest BCUT2D eigenvalue weighted by atomic mass is 10.1. The van der Waals surface area contributed by atoms with Gasteiger partial charge < -0.3 is 9.47 Å². The van der Waals surface area contributed by atoms with E-state index in [1.807, 2.05) is 46.8 Å². The Bertz CT molecular complexity index is 396. The molecule has 0 bridgehead atoms. The molecule has 0 heterocycles. The van der Waals surface area contributed by atoms with Crippen molar-refractivity contribution in [3.8, 4) is 5.75 Å². The number of benzene rings is 1. The Balaban J connectivity index is 0. The summed E-state index contributed by atoms with van der Waals surface area (Å²) in [6.07, 6.45) is 1.21. The SMILES string of the molecule is CC.CC.CCCOC(=O)COc1ccc(CC(C)=O)cc1. The fourth-order valence-corrected chi connectivity index (χ4v) is 1.39. The van der Waals surface area contributed by atoms with Crippen molar-refractivity contribution in [2.45, 2.75) is 54.4 Å². The Morgan fingerprint density at radius 3 is 2.00 bits per heavy atom. The summed E-state index contributed by atoms with van der Waals surface area (Å²) in [5.41, 5.74) is 0.934. The lowest BCUT2D eigenvalue weighted by Crippen LogP contribution is -2.15. The maximum Gasteiger partial charge on any atom is 0.344 e. The second-order valence-electron chi connectivity index (χ2n) is 4.03. The highest BCUT2D eigenvalue weighted by atomic mass is 16.6. The Morgan fingerprint density at radius 2 is 1.55 bits per heavy atom. The number of ether oxygens (including phenoxy) is 2. The van der Waals surface area contributed by atoms with Crippen molar-refractivity contribution in [1.82, 2.24) is 0 Å². The van der Waals surface area contributed by atoms with Gasteiger partial charge in [-0.1, -0.05) is 46.8 Å². The van der Waals surface area contributed by atoms with E-state index in [1.54, 1.807) is 19.1 Å². The van der Waals surface area contributed by atoms with E-state index >= 15 is 0 Å². The summed E-state index contributed by atoms with van der Waals surface area (Å²) in [7, 11) is 0. The molecule has 0 N–H and O–H groups in total. The van der Waals surface area contributed by atoms with E-state index < -0.39 is 0 Å². The number of Topliss-reactive ketones (excluding diaryl/α,β-unsaturated/α-hetero) is 1. The molecule has 0 aromatic heterocycles.